The average molecular weight is 309 g/mol. The van der Waals surface area contributed by atoms with Crippen LogP contribution in [-0.4, -0.2) is 33.6 Å². The molecular formula is C16H25ClN4. The van der Waals surface area contributed by atoms with Gasteiger partial charge in [-0.05, 0) is 29.5 Å². The van der Waals surface area contributed by atoms with Crippen molar-refractivity contribution in [2.75, 3.05) is 13.1 Å². The molecule has 5 heteroatoms. The topological polar surface area (TPSA) is 47.1 Å². The van der Waals surface area contributed by atoms with Crippen LogP contribution in [0, 0.1) is 5.41 Å². The number of benzene rings is 1. The van der Waals surface area contributed by atoms with E-state index in [9.17, 15) is 0 Å². The van der Waals surface area contributed by atoms with E-state index in [0.29, 0.717) is 6.04 Å². The summed E-state index contributed by atoms with van der Waals surface area (Å²) in [6.45, 7) is 7.68. The Morgan fingerprint density at radius 3 is 2.86 bits per heavy atom. The smallest absolute Gasteiger partial charge is 0.0955 e. The molecule has 1 saturated heterocycles. The molecule has 1 atom stereocenters. The molecule has 1 aliphatic heterocycles. The summed E-state index contributed by atoms with van der Waals surface area (Å²) in [4.78, 5) is 6.94. The molecule has 0 spiro atoms. The van der Waals surface area contributed by atoms with Crippen molar-refractivity contribution in [1.29, 1.82) is 0 Å². The number of nitrogens with two attached hydrogens (primary N) is 1. The largest absolute Gasteiger partial charge is 0.334 e. The summed E-state index contributed by atoms with van der Waals surface area (Å²) in [6, 6.07) is 6.90. The van der Waals surface area contributed by atoms with Crippen molar-refractivity contribution in [3.63, 3.8) is 0 Å². The Balaban J connectivity index is 0.00000161. The predicted octanol–water partition coefficient (Wildman–Crippen LogP) is 2.55. The van der Waals surface area contributed by atoms with E-state index in [1.165, 1.54) is 11.1 Å². The first-order valence-corrected chi connectivity index (χ1v) is 7.33. The van der Waals surface area contributed by atoms with Gasteiger partial charge in [-0.2, -0.15) is 0 Å². The number of aryl methyl sites for hydroxylation is 1. The Kier molecular flexibility index (Phi) is 4.61. The first-order valence-electron chi connectivity index (χ1n) is 7.33. The second-order valence-corrected chi connectivity index (χ2v) is 6.77. The summed E-state index contributed by atoms with van der Waals surface area (Å²) in [7, 11) is 2.03. The molecule has 116 valence electrons. The van der Waals surface area contributed by atoms with Crippen molar-refractivity contribution in [1.82, 2.24) is 14.5 Å². The van der Waals surface area contributed by atoms with E-state index in [-0.39, 0.29) is 17.8 Å². The minimum Gasteiger partial charge on any atom is -0.334 e. The minimum atomic E-state index is 0. The van der Waals surface area contributed by atoms with E-state index in [2.05, 4.69) is 46.5 Å². The van der Waals surface area contributed by atoms with Crippen molar-refractivity contribution in [3.8, 4) is 0 Å². The van der Waals surface area contributed by atoms with Gasteiger partial charge in [0.25, 0.3) is 0 Å². The van der Waals surface area contributed by atoms with Crippen LogP contribution in [0.3, 0.4) is 0 Å². The zero-order chi connectivity index (χ0) is 14.3. The molecule has 1 unspecified atom stereocenters. The fraction of sp³-hybridized carbons (Fsp3) is 0.562. The van der Waals surface area contributed by atoms with Crippen LogP contribution in [0.15, 0.2) is 24.5 Å². The number of hydrogen-bond donors (Lipinski definition) is 1. The Morgan fingerprint density at radius 1 is 1.38 bits per heavy atom. The van der Waals surface area contributed by atoms with Gasteiger partial charge in [0.15, 0.2) is 0 Å². The quantitative estimate of drug-likeness (QED) is 0.927. The molecular weight excluding hydrogens is 284 g/mol. The summed E-state index contributed by atoms with van der Waals surface area (Å²) in [6.07, 6.45) is 2.95. The first kappa shape index (κ1) is 16.3. The molecule has 0 amide bonds. The third-order valence-corrected chi connectivity index (χ3v) is 4.59. The fourth-order valence-electron chi connectivity index (χ4n) is 3.16. The molecule has 2 aromatic rings. The van der Waals surface area contributed by atoms with Gasteiger partial charge < -0.3 is 10.3 Å². The highest BCUT2D eigenvalue weighted by Crippen LogP contribution is 2.28. The molecule has 3 rings (SSSR count). The van der Waals surface area contributed by atoms with Gasteiger partial charge in [-0.25, -0.2) is 4.98 Å². The third kappa shape index (κ3) is 3.23. The molecule has 2 heterocycles. The highest BCUT2D eigenvalue weighted by molar-refractivity contribution is 5.85. The lowest BCUT2D eigenvalue weighted by atomic mass is 9.79. The number of halogens is 1. The number of imidazole rings is 1. The van der Waals surface area contributed by atoms with Gasteiger partial charge in [0, 0.05) is 32.7 Å². The monoisotopic (exact) mass is 308 g/mol. The van der Waals surface area contributed by atoms with E-state index in [0.717, 1.165) is 31.6 Å². The van der Waals surface area contributed by atoms with Gasteiger partial charge >= 0.3 is 0 Å². The Hall–Kier alpha value is -1.10. The normalized spacial score (nSPS) is 22.2. The third-order valence-electron chi connectivity index (χ3n) is 4.59. The lowest BCUT2D eigenvalue weighted by Crippen LogP contribution is -2.52. The average Bonchev–Trinajstić information content (AvgIpc) is 2.75. The molecule has 2 N–H and O–H groups in total. The van der Waals surface area contributed by atoms with Crippen LogP contribution < -0.4 is 5.73 Å². The number of likely N-dealkylation sites (tertiary alicyclic amines) is 1. The van der Waals surface area contributed by atoms with E-state index in [4.69, 9.17) is 5.73 Å². The van der Waals surface area contributed by atoms with E-state index < -0.39 is 0 Å². The maximum atomic E-state index is 6.21. The van der Waals surface area contributed by atoms with Crippen LogP contribution >= 0.6 is 12.4 Å². The fourth-order valence-corrected chi connectivity index (χ4v) is 3.16. The number of rotatable bonds is 2. The van der Waals surface area contributed by atoms with Gasteiger partial charge in [0.1, 0.15) is 0 Å². The van der Waals surface area contributed by atoms with E-state index in [1.807, 2.05) is 13.4 Å². The van der Waals surface area contributed by atoms with Crippen molar-refractivity contribution < 1.29 is 0 Å². The van der Waals surface area contributed by atoms with Crippen molar-refractivity contribution in [3.05, 3.63) is 30.1 Å². The highest BCUT2D eigenvalue weighted by atomic mass is 35.5. The minimum absolute atomic E-state index is 0. The van der Waals surface area contributed by atoms with Gasteiger partial charge in [0.05, 0.1) is 17.4 Å². The summed E-state index contributed by atoms with van der Waals surface area (Å²) in [5, 5.41) is 0. The zero-order valence-electron chi connectivity index (χ0n) is 13.0. The molecule has 21 heavy (non-hydrogen) atoms. The Labute approximate surface area is 132 Å². The molecule has 0 aliphatic carbocycles. The van der Waals surface area contributed by atoms with Crippen LogP contribution in [0.5, 0.6) is 0 Å². The number of hydrogen-bond acceptors (Lipinski definition) is 3. The molecule has 1 aromatic carbocycles. The standard InChI is InChI=1S/C16H24N4.ClH/c1-16(2)10-20(7-6-15(16)17)9-12-4-5-14-13(8-12)18-11-19(14)3;/h4-5,8,11,15H,6-7,9-10,17H2,1-3H3;1H. The van der Waals surface area contributed by atoms with Gasteiger partial charge in [-0.1, -0.05) is 19.9 Å². The number of aromatic nitrogens is 2. The maximum absolute atomic E-state index is 6.21. The summed E-state index contributed by atoms with van der Waals surface area (Å²) >= 11 is 0. The molecule has 4 nitrogen and oxygen atoms in total. The van der Waals surface area contributed by atoms with Gasteiger partial charge in [-0.15, -0.1) is 12.4 Å². The van der Waals surface area contributed by atoms with Crippen LogP contribution in [0.2, 0.25) is 0 Å². The molecule has 1 aliphatic rings. The second kappa shape index (κ2) is 5.95. The number of fused-ring (bicyclic) bond motifs is 1. The maximum Gasteiger partial charge on any atom is 0.0955 e. The Morgan fingerprint density at radius 2 is 2.14 bits per heavy atom. The van der Waals surface area contributed by atoms with Crippen LogP contribution in [0.25, 0.3) is 11.0 Å². The summed E-state index contributed by atoms with van der Waals surface area (Å²) in [5.74, 6) is 0. The predicted molar refractivity (Wildman–Crippen MR) is 89.6 cm³/mol. The molecule has 1 aromatic heterocycles. The van der Waals surface area contributed by atoms with Gasteiger partial charge in [-0.3, -0.25) is 4.90 Å². The van der Waals surface area contributed by atoms with Crippen molar-refractivity contribution in [2.24, 2.45) is 18.2 Å². The highest BCUT2D eigenvalue weighted by Gasteiger charge is 2.33. The van der Waals surface area contributed by atoms with Crippen LogP contribution in [0.1, 0.15) is 25.8 Å². The summed E-state index contributed by atoms with van der Waals surface area (Å²) < 4.78 is 2.06. The lowest BCUT2D eigenvalue weighted by molar-refractivity contribution is 0.0899. The first-order chi connectivity index (χ1) is 9.45. The number of nitrogens with zero attached hydrogens (tertiary/aromatic N) is 3. The zero-order valence-corrected chi connectivity index (χ0v) is 13.9. The lowest BCUT2D eigenvalue weighted by Gasteiger charge is -2.42. The SMILES string of the molecule is Cl.Cn1cnc2cc(CN3CCC(N)C(C)(C)C3)ccc21. The van der Waals surface area contributed by atoms with Crippen LogP contribution in [0.4, 0.5) is 0 Å². The van der Waals surface area contributed by atoms with Crippen molar-refractivity contribution in [2.45, 2.75) is 32.9 Å². The van der Waals surface area contributed by atoms with Gasteiger partial charge in [0.2, 0.25) is 0 Å². The number of piperidine rings is 1. The summed E-state index contributed by atoms with van der Waals surface area (Å²) in [5.41, 5.74) is 10.0. The second-order valence-electron chi connectivity index (χ2n) is 6.77. The van der Waals surface area contributed by atoms with Crippen molar-refractivity contribution >= 4 is 23.4 Å². The molecule has 1 fully saturated rings. The Bertz CT molecular complexity index is 620. The molecule has 0 saturated carbocycles. The van der Waals surface area contributed by atoms with E-state index >= 15 is 0 Å². The van der Waals surface area contributed by atoms with E-state index in [1.54, 1.807) is 0 Å². The molecule has 0 radical (unpaired) electrons. The van der Waals surface area contributed by atoms with Crippen LogP contribution in [-0.2, 0) is 13.6 Å². The molecule has 0 bridgehead atoms.